The number of carbonyl (C=O) groups is 1. The van der Waals surface area contributed by atoms with E-state index in [-0.39, 0.29) is 5.97 Å². The van der Waals surface area contributed by atoms with Crippen LogP contribution in [0.2, 0.25) is 0 Å². The van der Waals surface area contributed by atoms with Gasteiger partial charge in [-0.15, -0.1) is 0 Å². The number of ether oxygens (including phenoxy) is 1. The van der Waals surface area contributed by atoms with Crippen LogP contribution < -0.4 is 0 Å². The van der Waals surface area contributed by atoms with E-state index in [4.69, 9.17) is 4.74 Å². The molecule has 2 rings (SSSR count). The molecule has 3 nitrogen and oxygen atoms in total. The van der Waals surface area contributed by atoms with Crippen molar-refractivity contribution in [1.82, 2.24) is 4.90 Å². The summed E-state index contributed by atoms with van der Waals surface area (Å²) in [4.78, 5) is 13.8. The van der Waals surface area contributed by atoms with Crippen molar-refractivity contribution in [1.29, 1.82) is 0 Å². The number of rotatable bonds is 7. The smallest absolute Gasteiger partial charge is 0.320 e. The predicted octanol–water partition coefficient (Wildman–Crippen LogP) is 2.95. The molecule has 110 valence electrons. The average Bonchev–Trinajstić information content (AvgIpc) is 2.86. The molecule has 0 bridgehead atoms. The SMILES string of the molecule is CCCN(CC(=O)OCC)Cc1ccc2c(c1)CCC2. The van der Waals surface area contributed by atoms with E-state index in [1.54, 1.807) is 0 Å². The zero-order valence-electron chi connectivity index (χ0n) is 12.7. The van der Waals surface area contributed by atoms with Gasteiger partial charge in [0.15, 0.2) is 0 Å². The van der Waals surface area contributed by atoms with Crippen molar-refractivity contribution >= 4 is 5.97 Å². The fourth-order valence-electron chi connectivity index (χ4n) is 2.90. The van der Waals surface area contributed by atoms with Crippen LogP contribution in [0.25, 0.3) is 0 Å². The predicted molar refractivity (Wildman–Crippen MR) is 80.7 cm³/mol. The molecule has 0 N–H and O–H groups in total. The van der Waals surface area contributed by atoms with Gasteiger partial charge in [0.1, 0.15) is 0 Å². The molecule has 1 aliphatic carbocycles. The number of esters is 1. The molecule has 0 aliphatic heterocycles. The first-order valence-corrected chi connectivity index (χ1v) is 7.71. The first-order valence-electron chi connectivity index (χ1n) is 7.71. The van der Waals surface area contributed by atoms with Gasteiger partial charge in [0.25, 0.3) is 0 Å². The highest BCUT2D eigenvalue weighted by Gasteiger charge is 2.14. The molecule has 0 saturated carbocycles. The van der Waals surface area contributed by atoms with Crippen LogP contribution in [0.15, 0.2) is 18.2 Å². The van der Waals surface area contributed by atoms with Gasteiger partial charge in [0.05, 0.1) is 13.2 Å². The molecule has 0 atom stereocenters. The Morgan fingerprint density at radius 1 is 1.25 bits per heavy atom. The van der Waals surface area contributed by atoms with Crippen LogP contribution in [0.4, 0.5) is 0 Å². The normalized spacial score (nSPS) is 13.6. The first-order chi connectivity index (χ1) is 9.72. The molecule has 20 heavy (non-hydrogen) atoms. The molecule has 3 heteroatoms. The Hall–Kier alpha value is -1.35. The van der Waals surface area contributed by atoms with Gasteiger partial charge in [-0.05, 0) is 55.8 Å². The van der Waals surface area contributed by atoms with Crippen molar-refractivity contribution in [3.8, 4) is 0 Å². The van der Waals surface area contributed by atoms with Crippen molar-refractivity contribution in [2.75, 3.05) is 19.7 Å². The monoisotopic (exact) mass is 275 g/mol. The number of hydrogen-bond donors (Lipinski definition) is 0. The average molecular weight is 275 g/mol. The van der Waals surface area contributed by atoms with E-state index in [2.05, 4.69) is 30.0 Å². The summed E-state index contributed by atoms with van der Waals surface area (Å²) in [5.41, 5.74) is 4.31. The third-order valence-corrected chi connectivity index (χ3v) is 3.77. The Labute approximate surface area is 121 Å². The van der Waals surface area contributed by atoms with Crippen LogP contribution in [0, 0.1) is 0 Å². The molecular weight excluding hydrogens is 250 g/mol. The topological polar surface area (TPSA) is 29.5 Å². The molecule has 1 aromatic carbocycles. The Bertz CT molecular complexity index is 456. The summed E-state index contributed by atoms with van der Waals surface area (Å²) in [6, 6.07) is 6.78. The number of benzene rings is 1. The van der Waals surface area contributed by atoms with E-state index >= 15 is 0 Å². The lowest BCUT2D eigenvalue weighted by Crippen LogP contribution is -2.31. The van der Waals surface area contributed by atoms with Gasteiger partial charge in [-0.3, -0.25) is 9.69 Å². The molecule has 0 unspecified atom stereocenters. The Kier molecular flexibility index (Phi) is 5.60. The highest BCUT2D eigenvalue weighted by Crippen LogP contribution is 2.23. The number of hydrogen-bond acceptors (Lipinski definition) is 3. The Morgan fingerprint density at radius 3 is 2.80 bits per heavy atom. The largest absolute Gasteiger partial charge is 0.465 e. The summed E-state index contributed by atoms with van der Waals surface area (Å²) in [6.07, 6.45) is 4.75. The highest BCUT2D eigenvalue weighted by atomic mass is 16.5. The second kappa shape index (κ2) is 7.44. The summed E-state index contributed by atoms with van der Waals surface area (Å²) in [5, 5.41) is 0. The molecule has 0 aromatic heterocycles. The van der Waals surface area contributed by atoms with Crippen LogP contribution in [0.3, 0.4) is 0 Å². The van der Waals surface area contributed by atoms with Gasteiger partial charge < -0.3 is 4.74 Å². The maximum Gasteiger partial charge on any atom is 0.320 e. The molecule has 0 spiro atoms. The minimum absolute atomic E-state index is 0.123. The summed E-state index contributed by atoms with van der Waals surface area (Å²) >= 11 is 0. The van der Waals surface area contributed by atoms with Crippen LogP contribution in [0.1, 0.15) is 43.4 Å². The minimum Gasteiger partial charge on any atom is -0.465 e. The lowest BCUT2D eigenvalue weighted by Gasteiger charge is -2.21. The molecule has 0 fully saturated rings. The maximum atomic E-state index is 11.6. The fraction of sp³-hybridized carbons (Fsp3) is 0.588. The molecule has 0 saturated heterocycles. The van der Waals surface area contributed by atoms with Gasteiger partial charge in [-0.25, -0.2) is 0 Å². The molecule has 1 aliphatic rings. The van der Waals surface area contributed by atoms with Gasteiger partial charge in [-0.2, -0.15) is 0 Å². The third kappa shape index (κ3) is 4.07. The van der Waals surface area contributed by atoms with Crippen molar-refractivity contribution in [3.63, 3.8) is 0 Å². The summed E-state index contributed by atoms with van der Waals surface area (Å²) in [5.74, 6) is -0.123. The quantitative estimate of drug-likeness (QED) is 0.717. The standard InChI is InChI=1S/C17H25NO2/c1-3-10-18(13-17(19)20-4-2)12-14-8-9-15-6-5-7-16(15)11-14/h8-9,11H,3-7,10,12-13H2,1-2H3. The van der Waals surface area contributed by atoms with Gasteiger partial charge >= 0.3 is 5.97 Å². The number of nitrogens with zero attached hydrogens (tertiary/aromatic N) is 1. The van der Waals surface area contributed by atoms with Crippen LogP contribution in [0.5, 0.6) is 0 Å². The van der Waals surface area contributed by atoms with E-state index in [9.17, 15) is 4.79 Å². The molecule has 0 amide bonds. The van der Waals surface area contributed by atoms with E-state index in [1.807, 2.05) is 6.92 Å². The van der Waals surface area contributed by atoms with E-state index < -0.39 is 0 Å². The number of carbonyl (C=O) groups excluding carboxylic acids is 1. The molecule has 1 aromatic rings. The highest BCUT2D eigenvalue weighted by molar-refractivity contribution is 5.71. The zero-order chi connectivity index (χ0) is 14.4. The Balaban J connectivity index is 1.98. The van der Waals surface area contributed by atoms with Crippen molar-refractivity contribution in [2.24, 2.45) is 0 Å². The number of fused-ring (bicyclic) bond motifs is 1. The van der Waals surface area contributed by atoms with Gasteiger partial charge in [-0.1, -0.05) is 25.1 Å². The van der Waals surface area contributed by atoms with Crippen LogP contribution in [-0.2, 0) is 28.9 Å². The summed E-state index contributed by atoms with van der Waals surface area (Å²) in [6.45, 7) is 6.59. The maximum absolute atomic E-state index is 11.6. The van der Waals surface area contributed by atoms with E-state index in [0.29, 0.717) is 13.2 Å². The third-order valence-electron chi connectivity index (χ3n) is 3.77. The van der Waals surface area contributed by atoms with E-state index in [0.717, 1.165) is 19.5 Å². The van der Waals surface area contributed by atoms with Crippen molar-refractivity contribution in [2.45, 2.75) is 46.1 Å². The van der Waals surface area contributed by atoms with Gasteiger partial charge in [0, 0.05) is 6.54 Å². The van der Waals surface area contributed by atoms with Crippen LogP contribution >= 0.6 is 0 Å². The lowest BCUT2D eigenvalue weighted by molar-refractivity contribution is -0.144. The molecule has 0 heterocycles. The summed E-state index contributed by atoms with van der Waals surface area (Å²) < 4.78 is 5.05. The fourth-order valence-corrected chi connectivity index (χ4v) is 2.90. The van der Waals surface area contributed by atoms with Crippen LogP contribution in [-0.4, -0.2) is 30.6 Å². The summed E-state index contributed by atoms with van der Waals surface area (Å²) in [7, 11) is 0. The van der Waals surface area contributed by atoms with E-state index in [1.165, 1.54) is 36.0 Å². The minimum atomic E-state index is -0.123. The first kappa shape index (κ1) is 15.0. The van der Waals surface area contributed by atoms with Crippen molar-refractivity contribution < 1.29 is 9.53 Å². The molecule has 0 radical (unpaired) electrons. The van der Waals surface area contributed by atoms with Crippen molar-refractivity contribution in [3.05, 3.63) is 34.9 Å². The second-order valence-corrected chi connectivity index (χ2v) is 5.47. The van der Waals surface area contributed by atoms with Gasteiger partial charge in [0.2, 0.25) is 0 Å². The zero-order valence-corrected chi connectivity index (χ0v) is 12.7. The Morgan fingerprint density at radius 2 is 2.05 bits per heavy atom. The second-order valence-electron chi connectivity index (χ2n) is 5.47. The lowest BCUT2D eigenvalue weighted by atomic mass is 10.1. The number of aryl methyl sites for hydroxylation is 2. The molecular formula is C17H25NO2.